The summed E-state index contributed by atoms with van der Waals surface area (Å²) in [6, 6.07) is 3.47. The molecule has 1 aromatic heterocycles. The number of halogens is 3. The molecule has 0 radical (unpaired) electrons. The first-order chi connectivity index (χ1) is 11.9. The van der Waals surface area contributed by atoms with Gasteiger partial charge in [-0.3, -0.25) is 4.79 Å². The molecule has 1 fully saturated rings. The Morgan fingerprint density at radius 2 is 2.04 bits per heavy atom. The number of rotatable bonds is 4. The van der Waals surface area contributed by atoms with Crippen LogP contribution in [0.4, 0.5) is 24.5 Å². The minimum absolute atomic E-state index is 0.164. The lowest BCUT2D eigenvalue weighted by Gasteiger charge is -2.22. The average molecular weight is 370 g/mol. The second kappa shape index (κ2) is 6.99. The lowest BCUT2D eigenvalue weighted by molar-refractivity contribution is -0.137. The van der Waals surface area contributed by atoms with Gasteiger partial charge in [0.15, 0.2) is 0 Å². The van der Waals surface area contributed by atoms with Crippen LogP contribution in [0.25, 0.3) is 0 Å². The number of aromatic nitrogens is 2. The highest BCUT2D eigenvalue weighted by Crippen LogP contribution is 2.36. The monoisotopic (exact) mass is 370 g/mol. The summed E-state index contributed by atoms with van der Waals surface area (Å²) in [6.07, 6.45) is -1.98. The Hall–Kier alpha value is -2.16. The van der Waals surface area contributed by atoms with Crippen LogP contribution in [0.5, 0.6) is 0 Å². The van der Waals surface area contributed by atoms with Crippen molar-refractivity contribution in [3.63, 3.8) is 0 Å². The maximum Gasteiger partial charge on any atom is 0.416 e. The Morgan fingerprint density at radius 3 is 2.68 bits per heavy atom. The molecule has 1 aliphatic heterocycles. The molecule has 0 atom stereocenters. The second-order valence-corrected chi connectivity index (χ2v) is 6.53. The van der Waals surface area contributed by atoms with Gasteiger partial charge in [-0.15, -0.1) is 5.10 Å². The number of aryl methyl sites for hydroxylation is 1. The van der Waals surface area contributed by atoms with Crippen LogP contribution < -0.4 is 10.2 Å². The van der Waals surface area contributed by atoms with E-state index in [-0.39, 0.29) is 5.69 Å². The summed E-state index contributed by atoms with van der Waals surface area (Å²) in [7, 11) is 0. The Balaban J connectivity index is 1.95. The summed E-state index contributed by atoms with van der Waals surface area (Å²) >= 11 is 0.940. The first-order valence-corrected chi connectivity index (χ1v) is 8.76. The van der Waals surface area contributed by atoms with Gasteiger partial charge < -0.3 is 10.2 Å². The number of alkyl halides is 3. The number of carbonyl (C=O) groups is 1. The first kappa shape index (κ1) is 17.7. The zero-order valence-electron chi connectivity index (χ0n) is 13.6. The predicted octanol–water partition coefficient (Wildman–Crippen LogP) is 3.97. The maximum absolute atomic E-state index is 13.1. The van der Waals surface area contributed by atoms with Gasteiger partial charge in [-0.1, -0.05) is 11.4 Å². The SMILES string of the molecule is CCc1nnsc1C(=O)Nc1cc(C(F)(F)F)ccc1N1CCCC1. The van der Waals surface area contributed by atoms with Crippen LogP contribution in [0.1, 0.15) is 40.7 Å². The van der Waals surface area contributed by atoms with Gasteiger partial charge in [0.05, 0.1) is 22.6 Å². The molecule has 134 valence electrons. The molecule has 25 heavy (non-hydrogen) atoms. The van der Waals surface area contributed by atoms with E-state index in [0.717, 1.165) is 49.6 Å². The van der Waals surface area contributed by atoms with E-state index < -0.39 is 17.6 Å². The van der Waals surface area contributed by atoms with Crippen molar-refractivity contribution in [1.82, 2.24) is 9.59 Å². The molecule has 2 aromatic rings. The molecule has 0 unspecified atom stereocenters. The number of hydrogen-bond acceptors (Lipinski definition) is 5. The molecule has 5 nitrogen and oxygen atoms in total. The minimum atomic E-state index is -4.47. The van der Waals surface area contributed by atoms with Crippen molar-refractivity contribution in [1.29, 1.82) is 0 Å². The van der Waals surface area contributed by atoms with Crippen molar-refractivity contribution in [2.24, 2.45) is 0 Å². The normalized spacial score (nSPS) is 14.8. The Labute approximate surface area is 147 Å². The largest absolute Gasteiger partial charge is 0.416 e. The summed E-state index contributed by atoms with van der Waals surface area (Å²) < 4.78 is 42.9. The molecular weight excluding hydrogens is 353 g/mol. The van der Waals surface area contributed by atoms with Crippen LogP contribution in [0.3, 0.4) is 0 Å². The van der Waals surface area contributed by atoms with Gasteiger partial charge in [-0.2, -0.15) is 13.2 Å². The van der Waals surface area contributed by atoms with Crippen LogP contribution in [0.15, 0.2) is 18.2 Å². The number of hydrogen-bond donors (Lipinski definition) is 1. The molecule has 1 N–H and O–H groups in total. The standard InChI is InChI=1S/C16H17F3N4OS/c1-2-11-14(25-22-21-11)15(24)20-12-9-10(16(17,18)19)5-6-13(12)23-7-3-4-8-23/h5-6,9H,2-4,7-8H2,1H3,(H,20,24). The average Bonchev–Trinajstić information content (AvgIpc) is 3.25. The summed E-state index contributed by atoms with van der Waals surface area (Å²) in [6.45, 7) is 3.36. The number of amides is 1. The molecule has 0 bridgehead atoms. The van der Waals surface area contributed by atoms with E-state index in [1.165, 1.54) is 6.07 Å². The fourth-order valence-corrected chi connectivity index (χ4v) is 3.48. The molecule has 1 saturated heterocycles. The number of nitrogens with one attached hydrogen (secondary N) is 1. The van der Waals surface area contributed by atoms with E-state index in [1.807, 2.05) is 11.8 Å². The van der Waals surface area contributed by atoms with E-state index in [4.69, 9.17) is 0 Å². The quantitative estimate of drug-likeness (QED) is 0.885. The third kappa shape index (κ3) is 3.76. The second-order valence-electron chi connectivity index (χ2n) is 5.78. The zero-order valence-corrected chi connectivity index (χ0v) is 14.4. The summed E-state index contributed by atoms with van der Waals surface area (Å²) in [5.74, 6) is -0.480. The van der Waals surface area contributed by atoms with Crippen molar-refractivity contribution in [2.45, 2.75) is 32.4 Å². The summed E-state index contributed by atoms with van der Waals surface area (Å²) in [5, 5.41) is 6.50. The highest BCUT2D eigenvalue weighted by Gasteiger charge is 2.32. The molecular formula is C16H17F3N4OS. The van der Waals surface area contributed by atoms with E-state index in [1.54, 1.807) is 0 Å². The fraction of sp³-hybridized carbons (Fsp3) is 0.438. The van der Waals surface area contributed by atoms with Gasteiger partial charge in [0, 0.05) is 13.1 Å². The van der Waals surface area contributed by atoms with Gasteiger partial charge in [0.2, 0.25) is 0 Å². The highest BCUT2D eigenvalue weighted by atomic mass is 32.1. The zero-order chi connectivity index (χ0) is 18.0. The predicted molar refractivity (Wildman–Crippen MR) is 90.1 cm³/mol. The van der Waals surface area contributed by atoms with Crippen molar-refractivity contribution in [2.75, 3.05) is 23.3 Å². The lowest BCUT2D eigenvalue weighted by atomic mass is 10.1. The molecule has 1 amide bonds. The van der Waals surface area contributed by atoms with E-state index in [0.29, 0.717) is 22.7 Å². The van der Waals surface area contributed by atoms with Crippen molar-refractivity contribution in [3.8, 4) is 0 Å². The van der Waals surface area contributed by atoms with Gasteiger partial charge in [-0.05, 0) is 49.0 Å². The molecule has 1 aliphatic rings. The molecule has 1 aromatic carbocycles. The van der Waals surface area contributed by atoms with E-state index in [2.05, 4.69) is 14.9 Å². The molecule has 2 heterocycles. The van der Waals surface area contributed by atoms with E-state index >= 15 is 0 Å². The fourth-order valence-electron chi connectivity index (χ4n) is 2.84. The smallest absolute Gasteiger partial charge is 0.370 e. The van der Waals surface area contributed by atoms with Crippen LogP contribution >= 0.6 is 11.5 Å². The summed E-state index contributed by atoms with van der Waals surface area (Å²) in [5.41, 5.74) is 0.521. The molecule has 3 rings (SSSR count). The molecule has 0 saturated carbocycles. The van der Waals surface area contributed by atoms with Gasteiger partial charge in [0.25, 0.3) is 5.91 Å². The van der Waals surface area contributed by atoms with Crippen LogP contribution in [-0.2, 0) is 12.6 Å². The Kier molecular flexibility index (Phi) is 4.94. The third-order valence-corrected chi connectivity index (χ3v) is 4.88. The van der Waals surface area contributed by atoms with Crippen LogP contribution in [-0.4, -0.2) is 28.6 Å². The summed E-state index contributed by atoms with van der Waals surface area (Å²) in [4.78, 5) is 14.8. The first-order valence-electron chi connectivity index (χ1n) is 7.99. The lowest BCUT2D eigenvalue weighted by Crippen LogP contribution is -2.22. The maximum atomic E-state index is 13.1. The van der Waals surface area contributed by atoms with Crippen LogP contribution in [0.2, 0.25) is 0 Å². The number of benzene rings is 1. The molecule has 0 spiro atoms. The van der Waals surface area contributed by atoms with Crippen LogP contribution in [0, 0.1) is 0 Å². The van der Waals surface area contributed by atoms with Gasteiger partial charge in [0.1, 0.15) is 4.88 Å². The molecule has 9 heteroatoms. The molecule has 0 aliphatic carbocycles. The number of carbonyl (C=O) groups excluding carboxylic acids is 1. The minimum Gasteiger partial charge on any atom is -0.370 e. The van der Waals surface area contributed by atoms with Gasteiger partial charge >= 0.3 is 6.18 Å². The van der Waals surface area contributed by atoms with Gasteiger partial charge in [-0.25, -0.2) is 0 Å². The van der Waals surface area contributed by atoms with Crippen molar-refractivity contribution >= 4 is 28.8 Å². The number of anilines is 2. The van der Waals surface area contributed by atoms with E-state index in [9.17, 15) is 18.0 Å². The Morgan fingerprint density at radius 1 is 1.32 bits per heavy atom. The van der Waals surface area contributed by atoms with Crippen molar-refractivity contribution < 1.29 is 18.0 Å². The number of nitrogens with zero attached hydrogens (tertiary/aromatic N) is 3. The Bertz CT molecular complexity index is 769. The topological polar surface area (TPSA) is 58.1 Å². The third-order valence-electron chi connectivity index (χ3n) is 4.12. The highest BCUT2D eigenvalue weighted by molar-refractivity contribution is 7.08. The van der Waals surface area contributed by atoms with Crippen molar-refractivity contribution in [3.05, 3.63) is 34.3 Å².